The fraction of sp³-hybridized carbons (Fsp3) is 0.800. The van der Waals surface area contributed by atoms with Crippen LogP contribution < -0.4 is 5.32 Å². The van der Waals surface area contributed by atoms with Crippen molar-refractivity contribution in [3.05, 3.63) is 15.6 Å². The van der Waals surface area contributed by atoms with Crippen molar-refractivity contribution in [1.29, 1.82) is 0 Å². The average Bonchev–Trinajstić information content (AvgIpc) is 2.67. The van der Waals surface area contributed by atoms with Crippen LogP contribution in [0.3, 0.4) is 0 Å². The highest BCUT2D eigenvalue weighted by Crippen LogP contribution is 2.39. The summed E-state index contributed by atoms with van der Waals surface area (Å²) in [5.41, 5.74) is 1.24. The van der Waals surface area contributed by atoms with E-state index in [2.05, 4.69) is 38.0 Å². The predicted octanol–water partition coefficient (Wildman–Crippen LogP) is 4.24. The normalized spacial score (nSPS) is 26.2. The molecule has 1 aromatic heterocycles. The van der Waals surface area contributed by atoms with Crippen LogP contribution in [0.1, 0.15) is 61.2 Å². The van der Waals surface area contributed by atoms with Gasteiger partial charge < -0.3 is 5.32 Å². The zero-order valence-electron chi connectivity index (χ0n) is 12.1. The number of aromatic nitrogens is 1. The average molecular weight is 266 g/mol. The molecule has 2 nitrogen and oxygen atoms in total. The molecule has 0 radical (unpaired) electrons. The number of aryl methyl sites for hydroxylation is 2. The van der Waals surface area contributed by atoms with E-state index in [-0.39, 0.29) is 0 Å². The molecule has 1 heterocycles. The second-order valence-corrected chi connectivity index (χ2v) is 6.97. The Morgan fingerprint density at radius 2 is 1.94 bits per heavy atom. The lowest BCUT2D eigenvalue weighted by atomic mass is 9.78. The van der Waals surface area contributed by atoms with Gasteiger partial charge in [-0.3, -0.25) is 0 Å². The van der Waals surface area contributed by atoms with Gasteiger partial charge >= 0.3 is 0 Å². The molecule has 1 saturated carbocycles. The Morgan fingerprint density at radius 1 is 1.28 bits per heavy atom. The summed E-state index contributed by atoms with van der Waals surface area (Å²) in [5.74, 6) is 1.73. The Kier molecular flexibility index (Phi) is 4.79. The highest BCUT2D eigenvalue weighted by Gasteiger charge is 2.29. The van der Waals surface area contributed by atoms with Gasteiger partial charge in [-0.25, -0.2) is 4.98 Å². The van der Waals surface area contributed by atoms with Gasteiger partial charge in [0.05, 0.1) is 10.7 Å². The van der Waals surface area contributed by atoms with Crippen molar-refractivity contribution >= 4 is 11.3 Å². The van der Waals surface area contributed by atoms with E-state index in [0.29, 0.717) is 6.04 Å². The lowest BCUT2D eigenvalue weighted by Crippen LogP contribution is -2.30. The minimum Gasteiger partial charge on any atom is -0.309 e. The SMILES string of the molecule is CCNC(c1sc(C)nc1C)C1CCC(C)CC1. The molecule has 0 bridgehead atoms. The van der Waals surface area contributed by atoms with Gasteiger partial charge in [-0.1, -0.05) is 26.7 Å². The number of nitrogens with one attached hydrogen (secondary N) is 1. The smallest absolute Gasteiger partial charge is 0.0900 e. The Bertz CT molecular complexity index is 378. The van der Waals surface area contributed by atoms with Crippen molar-refractivity contribution in [3.8, 4) is 0 Å². The van der Waals surface area contributed by atoms with E-state index in [1.165, 1.54) is 41.3 Å². The number of hydrogen-bond acceptors (Lipinski definition) is 3. The summed E-state index contributed by atoms with van der Waals surface area (Å²) in [6.07, 6.45) is 5.53. The van der Waals surface area contributed by atoms with Crippen molar-refractivity contribution in [2.75, 3.05) is 6.54 Å². The number of rotatable bonds is 4. The fourth-order valence-electron chi connectivity index (χ4n) is 3.15. The van der Waals surface area contributed by atoms with Gasteiger partial charge in [-0.05, 0) is 45.1 Å². The van der Waals surface area contributed by atoms with E-state index in [0.717, 1.165) is 18.4 Å². The van der Waals surface area contributed by atoms with Crippen molar-refractivity contribution in [2.24, 2.45) is 11.8 Å². The maximum atomic E-state index is 4.60. The highest BCUT2D eigenvalue weighted by molar-refractivity contribution is 7.11. The molecule has 0 amide bonds. The second-order valence-electron chi connectivity index (χ2n) is 5.74. The number of hydrogen-bond donors (Lipinski definition) is 1. The Balaban J connectivity index is 2.15. The highest BCUT2D eigenvalue weighted by atomic mass is 32.1. The van der Waals surface area contributed by atoms with Crippen LogP contribution in [-0.4, -0.2) is 11.5 Å². The van der Waals surface area contributed by atoms with Gasteiger partial charge in [0.2, 0.25) is 0 Å². The van der Waals surface area contributed by atoms with Crippen LogP contribution in [0.2, 0.25) is 0 Å². The molecule has 1 atom stereocenters. The summed E-state index contributed by atoms with van der Waals surface area (Å²) in [7, 11) is 0. The maximum Gasteiger partial charge on any atom is 0.0900 e. The van der Waals surface area contributed by atoms with E-state index in [9.17, 15) is 0 Å². The lowest BCUT2D eigenvalue weighted by Gasteiger charge is -2.33. The molecular formula is C15H26N2S. The third-order valence-electron chi connectivity index (χ3n) is 4.18. The molecule has 0 aromatic carbocycles. The lowest BCUT2D eigenvalue weighted by molar-refractivity contribution is 0.234. The fourth-order valence-corrected chi connectivity index (χ4v) is 4.25. The third kappa shape index (κ3) is 3.12. The van der Waals surface area contributed by atoms with Crippen LogP contribution in [0.15, 0.2) is 0 Å². The first kappa shape index (κ1) is 14.0. The zero-order chi connectivity index (χ0) is 13.1. The summed E-state index contributed by atoms with van der Waals surface area (Å²) in [5, 5.41) is 4.91. The molecule has 1 aliphatic rings. The monoisotopic (exact) mass is 266 g/mol. The van der Waals surface area contributed by atoms with Gasteiger partial charge in [0.25, 0.3) is 0 Å². The summed E-state index contributed by atoms with van der Waals surface area (Å²) in [4.78, 5) is 6.08. The Labute approximate surface area is 115 Å². The van der Waals surface area contributed by atoms with Crippen molar-refractivity contribution in [2.45, 2.75) is 59.4 Å². The Hall–Kier alpha value is -0.410. The molecule has 1 aliphatic carbocycles. The molecule has 0 spiro atoms. The van der Waals surface area contributed by atoms with Crippen molar-refractivity contribution in [3.63, 3.8) is 0 Å². The van der Waals surface area contributed by atoms with Crippen molar-refractivity contribution < 1.29 is 0 Å². The van der Waals surface area contributed by atoms with E-state index < -0.39 is 0 Å². The summed E-state index contributed by atoms with van der Waals surface area (Å²) in [6.45, 7) is 9.93. The maximum absolute atomic E-state index is 4.60. The summed E-state index contributed by atoms with van der Waals surface area (Å²) >= 11 is 1.88. The van der Waals surface area contributed by atoms with Crippen LogP contribution in [0.5, 0.6) is 0 Å². The third-order valence-corrected chi connectivity index (χ3v) is 5.33. The molecule has 18 heavy (non-hydrogen) atoms. The first-order chi connectivity index (χ1) is 8.61. The molecule has 0 aliphatic heterocycles. The standard InChI is InChI=1S/C15H26N2S/c1-5-16-14(13-8-6-10(2)7-9-13)15-11(3)17-12(4)18-15/h10,13-14,16H,5-9H2,1-4H3. The molecule has 102 valence electrons. The van der Waals surface area contributed by atoms with Crippen LogP contribution in [0, 0.1) is 25.7 Å². The van der Waals surface area contributed by atoms with E-state index in [1.807, 2.05) is 11.3 Å². The minimum atomic E-state index is 0.536. The van der Waals surface area contributed by atoms with Crippen LogP contribution >= 0.6 is 11.3 Å². The van der Waals surface area contributed by atoms with Gasteiger partial charge in [0, 0.05) is 10.9 Å². The quantitative estimate of drug-likeness (QED) is 0.882. The van der Waals surface area contributed by atoms with Crippen molar-refractivity contribution in [1.82, 2.24) is 10.3 Å². The zero-order valence-corrected chi connectivity index (χ0v) is 12.9. The molecular weight excluding hydrogens is 240 g/mol. The van der Waals surface area contributed by atoms with E-state index in [1.54, 1.807) is 0 Å². The molecule has 0 saturated heterocycles. The summed E-state index contributed by atoms with van der Waals surface area (Å²) in [6, 6.07) is 0.536. The van der Waals surface area contributed by atoms with Gasteiger partial charge in [-0.2, -0.15) is 0 Å². The first-order valence-electron chi connectivity index (χ1n) is 7.29. The molecule has 1 unspecified atom stereocenters. The van der Waals surface area contributed by atoms with Crippen LogP contribution in [0.4, 0.5) is 0 Å². The van der Waals surface area contributed by atoms with Gasteiger partial charge in [-0.15, -0.1) is 11.3 Å². The molecule has 1 N–H and O–H groups in total. The number of thiazole rings is 1. The van der Waals surface area contributed by atoms with E-state index in [4.69, 9.17) is 0 Å². The number of nitrogens with zero attached hydrogens (tertiary/aromatic N) is 1. The largest absolute Gasteiger partial charge is 0.309 e. The minimum absolute atomic E-state index is 0.536. The Morgan fingerprint density at radius 3 is 2.44 bits per heavy atom. The van der Waals surface area contributed by atoms with E-state index >= 15 is 0 Å². The molecule has 1 fully saturated rings. The predicted molar refractivity (Wildman–Crippen MR) is 79.1 cm³/mol. The van der Waals surface area contributed by atoms with Crippen LogP contribution in [0.25, 0.3) is 0 Å². The molecule has 2 rings (SSSR count). The second kappa shape index (κ2) is 6.16. The topological polar surface area (TPSA) is 24.9 Å². The van der Waals surface area contributed by atoms with Crippen LogP contribution in [-0.2, 0) is 0 Å². The summed E-state index contributed by atoms with van der Waals surface area (Å²) < 4.78 is 0. The molecule has 1 aromatic rings. The van der Waals surface area contributed by atoms with Gasteiger partial charge in [0.1, 0.15) is 0 Å². The first-order valence-corrected chi connectivity index (χ1v) is 8.10. The van der Waals surface area contributed by atoms with Gasteiger partial charge in [0.15, 0.2) is 0 Å². The molecule has 3 heteroatoms.